The van der Waals surface area contributed by atoms with Crippen LogP contribution in [0.2, 0.25) is 0 Å². The van der Waals surface area contributed by atoms with Crippen LogP contribution in [0.25, 0.3) is 71.3 Å². The van der Waals surface area contributed by atoms with Crippen LogP contribution in [-0.2, 0) is 0 Å². The number of hydrogen-bond acceptors (Lipinski definition) is 2. The molecule has 0 aliphatic carbocycles. The summed E-state index contributed by atoms with van der Waals surface area (Å²) in [6, 6.07) is 41.6. The molecule has 0 spiro atoms. The van der Waals surface area contributed by atoms with E-state index in [1.807, 2.05) is 23.9 Å². The number of aromatic nitrogens is 1. The minimum absolute atomic E-state index is 0.930. The predicted molar refractivity (Wildman–Crippen MR) is 155 cm³/mol. The van der Waals surface area contributed by atoms with Gasteiger partial charge >= 0.3 is 0 Å². The molecule has 0 radical (unpaired) electrons. The first-order valence-corrected chi connectivity index (χ1v) is 13.3. The first-order valence-electron chi connectivity index (χ1n) is 12.5. The minimum Gasteiger partial charge on any atom is -0.456 e. The van der Waals surface area contributed by atoms with Crippen LogP contribution in [0.4, 0.5) is 0 Å². The SMILES string of the molecule is c1ccc2c(c1)ccc1c2c2cccc3c2n1-c1ccc(-c2ccc4c(c2)oc2ccccc24)cc1S3. The first kappa shape index (κ1) is 19.7. The van der Waals surface area contributed by atoms with Gasteiger partial charge in [0.1, 0.15) is 11.2 Å². The molecule has 37 heavy (non-hydrogen) atoms. The van der Waals surface area contributed by atoms with E-state index in [-0.39, 0.29) is 0 Å². The van der Waals surface area contributed by atoms with Crippen LogP contribution in [0.5, 0.6) is 0 Å². The van der Waals surface area contributed by atoms with Crippen LogP contribution >= 0.6 is 11.8 Å². The van der Waals surface area contributed by atoms with Crippen LogP contribution in [0.3, 0.4) is 0 Å². The van der Waals surface area contributed by atoms with Gasteiger partial charge in [0.2, 0.25) is 0 Å². The van der Waals surface area contributed by atoms with Gasteiger partial charge in [0.05, 0.1) is 16.7 Å². The smallest absolute Gasteiger partial charge is 0.136 e. The van der Waals surface area contributed by atoms with E-state index in [1.165, 1.54) is 59.2 Å². The van der Waals surface area contributed by atoms with E-state index in [0.29, 0.717) is 0 Å². The standard InChI is InChI=1S/C34H19NOS/c1-2-7-23-20(6-1)13-17-28-33(23)26-9-5-11-31-34(26)35(28)27-16-14-22(19-32(27)37-31)21-12-15-25-24-8-3-4-10-29(24)36-30(25)18-21/h1-19H. The molecule has 0 bridgehead atoms. The Balaban J connectivity index is 1.28. The molecular weight excluding hydrogens is 470 g/mol. The molecule has 0 N–H and O–H groups in total. The fourth-order valence-electron chi connectivity index (χ4n) is 6.12. The third-order valence-electron chi connectivity index (χ3n) is 7.77. The number of rotatable bonds is 1. The van der Waals surface area contributed by atoms with Crippen molar-refractivity contribution in [3.05, 3.63) is 115 Å². The summed E-state index contributed by atoms with van der Waals surface area (Å²) in [5.74, 6) is 0. The zero-order valence-corrected chi connectivity index (χ0v) is 20.5. The molecule has 6 aromatic carbocycles. The average molecular weight is 490 g/mol. The normalized spacial score (nSPS) is 12.8. The fraction of sp³-hybridized carbons (Fsp3) is 0. The van der Waals surface area contributed by atoms with E-state index in [1.54, 1.807) is 0 Å². The van der Waals surface area contributed by atoms with Crippen molar-refractivity contribution in [1.82, 2.24) is 4.57 Å². The van der Waals surface area contributed by atoms with E-state index in [9.17, 15) is 0 Å². The molecule has 2 nitrogen and oxygen atoms in total. The van der Waals surface area contributed by atoms with Crippen LogP contribution in [0.1, 0.15) is 0 Å². The number of nitrogens with zero attached hydrogens (tertiary/aromatic N) is 1. The van der Waals surface area contributed by atoms with Crippen molar-refractivity contribution in [2.75, 3.05) is 0 Å². The lowest BCUT2D eigenvalue weighted by molar-refractivity contribution is 0.669. The molecule has 1 aliphatic rings. The number of para-hydroxylation sites is 2. The topological polar surface area (TPSA) is 18.1 Å². The lowest BCUT2D eigenvalue weighted by Crippen LogP contribution is -2.01. The van der Waals surface area contributed by atoms with Crippen LogP contribution in [0, 0.1) is 0 Å². The molecule has 9 rings (SSSR count). The van der Waals surface area contributed by atoms with E-state index >= 15 is 0 Å². The Labute approximate surface area is 216 Å². The Morgan fingerprint density at radius 2 is 1.32 bits per heavy atom. The van der Waals surface area contributed by atoms with Gasteiger partial charge in [0.15, 0.2) is 0 Å². The zero-order chi connectivity index (χ0) is 24.1. The molecule has 0 fully saturated rings. The van der Waals surface area contributed by atoms with Crippen molar-refractivity contribution >= 4 is 66.3 Å². The number of fused-ring (bicyclic) bond motifs is 10. The Morgan fingerprint density at radius 1 is 0.541 bits per heavy atom. The molecule has 0 saturated heterocycles. The second kappa shape index (κ2) is 7.06. The summed E-state index contributed by atoms with van der Waals surface area (Å²) < 4.78 is 8.64. The van der Waals surface area contributed by atoms with Gasteiger partial charge in [-0.15, -0.1) is 0 Å². The van der Waals surface area contributed by atoms with E-state index in [2.05, 4.69) is 108 Å². The summed E-state index contributed by atoms with van der Waals surface area (Å²) in [5, 5.41) is 7.57. The second-order valence-electron chi connectivity index (χ2n) is 9.76. The monoisotopic (exact) mass is 489 g/mol. The van der Waals surface area contributed by atoms with E-state index in [0.717, 1.165) is 21.9 Å². The van der Waals surface area contributed by atoms with Gasteiger partial charge in [0.25, 0.3) is 0 Å². The van der Waals surface area contributed by atoms with Gasteiger partial charge in [-0.3, -0.25) is 0 Å². The third kappa shape index (κ3) is 2.62. The highest BCUT2D eigenvalue weighted by molar-refractivity contribution is 7.99. The fourth-order valence-corrected chi connectivity index (χ4v) is 7.25. The van der Waals surface area contributed by atoms with Crippen molar-refractivity contribution in [2.45, 2.75) is 9.79 Å². The summed E-state index contributed by atoms with van der Waals surface area (Å²) in [6.07, 6.45) is 0. The molecule has 0 saturated carbocycles. The molecule has 1 aliphatic heterocycles. The van der Waals surface area contributed by atoms with Crippen molar-refractivity contribution in [2.24, 2.45) is 0 Å². The quantitative estimate of drug-likeness (QED) is 0.228. The van der Waals surface area contributed by atoms with Crippen molar-refractivity contribution in [1.29, 1.82) is 0 Å². The van der Waals surface area contributed by atoms with Gasteiger partial charge in [-0.1, -0.05) is 84.6 Å². The molecule has 0 unspecified atom stereocenters. The van der Waals surface area contributed by atoms with Gasteiger partial charge in [-0.25, -0.2) is 0 Å². The molecule has 172 valence electrons. The summed E-state index contributed by atoms with van der Waals surface area (Å²) in [4.78, 5) is 2.57. The van der Waals surface area contributed by atoms with E-state index in [4.69, 9.17) is 4.42 Å². The lowest BCUT2D eigenvalue weighted by atomic mass is 10.0. The molecule has 3 heterocycles. The maximum Gasteiger partial charge on any atom is 0.136 e. The molecule has 8 aromatic rings. The number of benzene rings is 6. The van der Waals surface area contributed by atoms with Gasteiger partial charge in [-0.2, -0.15) is 0 Å². The average Bonchev–Trinajstić information content (AvgIpc) is 3.50. The van der Waals surface area contributed by atoms with Crippen molar-refractivity contribution < 1.29 is 4.42 Å². The summed E-state index contributed by atoms with van der Waals surface area (Å²) in [5.41, 5.74) is 8.05. The maximum atomic E-state index is 6.18. The Kier molecular flexibility index (Phi) is 3.76. The van der Waals surface area contributed by atoms with Crippen molar-refractivity contribution in [3.8, 4) is 16.8 Å². The Bertz CT molecular complexity index is 2230. The lowest BCUT2D eigenvalue weighted by Gasteiger charge is -2.21. The Morgan fingerprint density at radius 3 is 2.30 bits per heavy atom. The highest BCUT2D eigenvalue weighted by Crippen LogP contribution is 2.48. The third-order valence-corrected chi connectivity index (χ3v) is 8.87. The second-order valence-corrected chi connectivity index (χ2v) is 10.8. The summed E-state index contributed by atoms with van der Waals surface area (Å²) in [7, 11) is 0. The highest BCUT2D eigenvalue weighted by atomic mass is 32.2. The first-order chi connectivity index (χ1) is 18.3. The van der Waals surface area contributed by atoms with Crippen molar-refractivity contribution in [3.63, 3.8) is 0 Å². The van der Waals surface area contributed by atoms with E-state index < -0.39 is 0 Å². The summed E-state index contributed by atoms with van der Waals surface area (Å²) >= 11 is 1.87. The zero-order valence-electron chi connectivity index (χ0n) is 19.7. The highest BCUT2D eigenvalue weighted by Gasteiger charge is 2.24. The molecule has 2 aromatic heterocycles. The van der Waals surface area contributed by atoms with Crippen LogP contribution in [0.15, 0.2) is 129 Å². The molecule has 0 amide bonds. The van der Waals surface area contributed by atoms with Crippen LogP contribution < -0.4 is 0 Å². The summed E-state index contributed by atoms with van der Waals surface area (Å²) in [6.45, 7) is 0. The Hall–Kier alpha value is -4.47. The van der Waals surface area contributed by atoms with Gasteiger partial charge in [0, 0.05) is 31.3 Å². The largest absolute Gasteiger partial charge is 0.456 e. The van der Waals surface area contributed by atoms with Gasteiger partial charge < -0.3 is 8.98 Å². The van der Waals surface area contributed by atoms with Gasteiger partial charge in [-0.05, 0) is 64.4 Å². The number of hydrogen-bond donors (Lipinski definition) is 0. The predicted octanol–water partition coefficient (Wildman–Crippen LogP) is 9.97. The molecule has 0 atom stereocenters. The number of furan rings is 1. The minimum atomic E-state index is 0.930. The molecule has 3 heteroatoms. The van der Waals surface area contributed by atoms with Crippen LogP contribution in [-0.4, -0.2) is 4.57 Å². The maximum absolute atomic E-state index is 6.18. The molecular formula is C34H19NOS.